The summed E-state index contributed by atoms with van der Waals surface area (Å²) in [4.78, 5) is 13.7. The van der Waals surface area contributed by atoms with Crippen LogP contribution in [0.4, 0.5) is 5.82 Å². The number of rotatable bonds is 6. The molecule has 2 heterocycles. The molecule has 5 nitrogen and oxygen atoms in total. The van der Waals surface area contributed by atoms with E-state index in [1.54, 1.807) is 6.20 Å². The highest BCUT2D eigenvalue weighted by Crippen LogP contribution is 2.33. The number of hydrogen-bond acceptors (Lipinski definition) is 5. The fraction of sp³-hybridized carbons (Fsp3) is 0.381. The molecule has 3 N–H and O–H groups in total. The van der Waals surface area contributed by atoms with Crippen molar-refractivity contribution in [2.45, 2.75) is 39.7 Å². The lowest BCUT2D eigenvalue weighted by Gasteiger charge is -2.28. The Hall–Kier alpha value is -1.95. The maximum Gasteiger partial charge on any atom is 0.138 e. The quantitative estimate of drug-likeness (QED) is 0.587. The Kier molecular flexibility index (Phi) is 9.08. The molecule has 1 atom stereocenters. The molecule has 1 aromatic carbocycles. The van der Waals surface area contributed by atoms with Crippen LogP contribution in [-0.2, 0) is 6.42 Å². The molecule has 3 rings (SSSR count). The first kappa shape index (κ1) is 24.1. The number of pyridine rings is 1. The average molecular weight is 422 g/mol. The van der Waals surface area contributed by atoms with Crippen LogP contribution in [0.2, 0.25) is 0 Å². The molecule has 0 amide bonds. The van der Waals surface area contributed by atoms with Gasteiger partial charge in [-0.15, -0.1) is 24.8 Å². The molecule has 0 spiro atoms. The number of nitrogens with one attached hydrogen (secondary N) is 1. The normalized spacial score (nSPS) is 12.0. The van der Waals surface area contributed by atoms with Crippen molar-refractivity contribution in [1.29, 1.82) is 0 Å². The van der Waals surface area contributed by atoms with E-state index in [0.717, 1.165) is 34.5 Å². The molecular formula is C21H29Cl2N5. The summed E-state index contributed by atoms with van der Waals surface area (Å²) in [5.41, 5.74) is 7.98. The van der Waals surface area contributed by atoms with Crippen LogP contribution in [0, 0.1) is 5.41 Å². The number of benzene rings is 1. The largest absolute Gasteiger partial charge is 0.363 e. The van der Waals surface area contributed by atoms with Crippen molar-refractivity contribution < 1.29 is 0 Å². The van der Waals surface area contributed by atoms with Gasteiger partial charge >= 0.3 is 0 Å². The molecule has 152 valence electrons. The molecule has 2 aromatic heterocycles. The first-order valence-electron chi connectivity index (χ1n) is 9.08. The van der Waals surface area contributed by atoms with Gasteiger partial charge in [0.1, 0.15) is 11.6 Å². The van der Waals surface area contributed by atoms with Crippen LogP contribution in [0.3, 0.4) is 0 Å². The van der Waals surface area contributed by atoms with E-state index in [4.69, 9.17) is 10.7 Å². The van der Waals surface area contributed by atoms with Crippen molar-refractivity contribution in [2.75, 3.05) is 11.9 Å². The Morgan fingerprint density at radius 1 is 1.04 bits per heavy atom. The van der Waals surface area contributed by atoms with Crippen LogP contribution >= 0.6 is 24.8 Å². The number of para-hydroxylation sites is 1. The molecule has 0 fully saturated rings. The molecular weight excluding hydrogens is 393 g/mol. The Labute approximate surface area is 179 Å². The average Bonchev–Trinajstić information content (AvgIpc) is 2.61. The summed E-state index contributed by atoms with van der Waals surface area (Å²) in [5, 5.41) is 4.69. The molecule has 3 aromatic rings. The van der Waals surface area contributed by atoms with E-state index < -0.39 is 0 Å². The zero-order valence-corrected chi connectivity index (χ0v) is 18.2. The van der Waals surface area contributed by atoms with Crippen molar-refractivity contribution in [3.63, 3.8) is 0 Å². The third-order valence-corrected chi connectivity index (χ3v) is 4.23. The number of aromatic nitrogens is 3. The highest BCUT2D eigenvalue weighted by atomic mass is 35.5. The predicted octanol–water partition coefficient (Wildman–Crippen LogP) is 4.96. The van der Waals surface area contributed by atoms with E-state index in [-0.39, 0.29) is 36.3 Å². The number of fused-ring (bicyclic) bond motifs is 1. The standard InChI is InChI=1S/C21H27N5.2ClH/c1-21(2,3)13-18(15-7-6-12-23-14-15)25-20-16-8-4-5-9-17(16)24-19(26-20)10-11-22;;/h4-9,12,14,18H,10-11,13,22H2,1-3H3,(H,24,25,26);2*1H. The first-order valence-corrected chi connectivity index (χ1v) is 9.08. The van der Waals surface area contributed by atoms with Gasteiger partial charge in [0.15, 0.2) is 0 Å². The highest BCUT2D eigenvalue weighted by Gasteiger charge is 2.22. The van der Waals surface area contributed by atoms with Gasteiger partial charge in [0, 0.05) is 24.2 Å². The Bertz CT molecular complexity index is 866. The molecule has 0 aliphatic heterocycles. The molecule has 0 saturated heterocycles. The Balaban J connectivity index is 0.00000196. The summed E-state index contributed by atoms with van der Waals surface area (Å²) in [6.07, 6.45) is 5.35. The van der Waals surface area contributed by atoms with Gasteiger partial charge in [0.2, 0.25) is 0 Å². The van der Waals surface area contributed by atoms with Crippen molar-refractivity contribution in [2.24, 2.45) is 11.1 Å². The number of halogens is 2. The molecule has 0 aliphatic rings. The maximum absolute atomic E-state index is 5.72. The van der Waals surface area contributed by atoms with Crippen LogP contribution in [0.15, 0.2) is 48.8 Å². The van der Waals surface area contributed by atoms with E-state index >= 15 is 0 Å². The minimum atomic E-state index is 0. The monoisotopic (exact) mass is 421 g/mol. The van der Waals surface area contributed by atoms with Gasteiger partial charge in [-0.25, -0.2) is 9.97 Å². The van der Waals surface area contributed by atoms with Crippen LogP contribution in [0.1, 0.15) is 44.6 Å². The van der Waals surface area contributed by atoms with E-state index in [9.17, 15) is 0 Å². The molecule has 0 radical (unpaired) electrons. The van der Waals surface area contributed by atoms with Crippen molar-refractivity contribution in [3.05, 3.63) is 60.2 Å². The Morgan fingerprint density at radius 2 is 1.79 bits per heavy atom. The molecule has 28 heavy (non-hydrogen) atoms. The third kappa shape index (κ3) is 6.30. The van der Waals surface area contributed by atoms with Gasteiger partial charge in [-0.05, 0) is 42.1 Å². The lowest BCUT2D eigenvalue weighted by molar-refractivity contribution is 0.352. The first-order chi connectivity index (χ1) is 12.5. The van der Waals surface area contributed by atoms with Gasteiger partial charge < -0.3 is 11.1 Å². The minimum absolute atomic E-state index is 0. The van der Waals surface area contributed by atoms with E-state index in [0.29, 0.717) is 13.0 Å². The Morgan fingerprint density at radius 3 is 2.43 bits per heavy atom. The van der Waals surface area contributed by atoms with Gasteiger partial charge in [-0.2, -0.15) is 0 Å². The SMILES string of the molecule is CC(C)(C)CC(Nc1nc(CCN)nc2ccccc12)c1cccnc1.Cl.Cl. The van der Waals surface area contributed by atoms with Crippen LogP contribution < -0.4 is 11.1 Å². The van der Waals surface area contributed by atoms with Gasteiger partial charge in [0.05, 0.1) is 11.6 Å². The summed E-state index contributed by atoms with van der Waals surface area (Å²) < 4.78 is 0. The zero-order valence-electron chi connectivity index (χ0n) is 16.6. The summed E-state index contributed by atoms with van der Waals surface area (Å²) >= 11 is 0. The number of hydrogen-bond donors (Lipinski definition) is 2. The second-order valence-electron chi connectivity index (χ2n) is 7.79. The maximum atomic E-state index is 5.72. The second-order valence-corrected chi connectivity index (χ2v) is 7.79. The predicted molar refractivity (Wildman–Crippen MR) is 121 cm³/mol. The molecule has 0 saturated carbocycles. The van der Waals surface area contributed by atoms with E-state index in [1.807, 2.05) is 30.5 Å². The molecule has 1 unspecified atom stereocenters. The number of nitrogens with two attached hydrogens (primary N) is 1. The fourth-order valence-electron chi connectivity index (χ4n) is 3.09. The van der Waals surface area contributed by atoms with Crippen LogP contribution in [0.25, 0.3) is 10.9 Å². The van der Waals surface area contributed by atoms with Crippen molar-refractivity contribution in [3.8, 4) is 0 Å². The zero-order chi connectivity index (χ0) is 18.6. The van der Waals surface area contributed by atoms with E-state index in [1.165, 1.54) is 0 Å². The van der Waals surface area contributed by atoms with Crippen molar-refractivity contribution >= 4 is 41.5 Å². The molecule has 0 bridgehead atoms. The summed E-state index contributed by atoms with van der Waals surface area (Å²) in [6.45, 7) is 7.27. The van der Waals surface area contributed by atoms with Gasteiger partial charge in [-0.1, -0.05) is 39.0 Å². The van der Waals surface area contributed by atoms with Crippen LogP contribution in [0.5, 0.6) is 0 Å². The summed E-state index contributed by atoms with van der Waals surface area (Å²) in [7, 11) is 0. The summed E-state index contributed by atoms with van der Waals surface area (Å²) in [6, 6.07) is 12.3. The summed E-state index contributed by atoms with van der Waals surface area (Å²) in [5.74, 6) is 1.63. The fourth-order valence-corrected chi connectivity index (χ4v) is 3.09. The second kappa shape index (κ2) is 10.6. The van der Waals surface area contributed by atoms with Gasteiger partial charge in [0.25, 0.3) is 0 Å². The van der Waals surface area contributed by atoms with Crippen molar-refractivity contribution in [1.82, 2.24) is 15.0 Å². The molecule has 7 heteroatoms. The lowest BCUT2D eigenvalue weighted by atomic mass is 9.86. The minimum Gasteiger partial charge on any atom is -0.363 e. The smallest absolute Gasteiger partial charge is 0.138 e. The lowest BCUT2D eigenvalue weighted by Crippen LogP contribution is -2.20. The van der Waals surface area contributed by atoms with E-state index in [2.05, 4.69) is 48.2 Å². The highest BCUT2D eigenvalue weighted by molar-refractivity contribution is 5.89. The molecule has 0 aliphatic carbocycles. The number of anilines is 1. The van der Waals surface area contributed by atoms with Crippen LogP contribution in [-0.4, -0.2) is 21.5 Å². The number of nitrogens with zero attached hydrogens (tertiary/aromatic N) is 3. The van der Waals surface area contributed by atoms with Gasteiger partial charge in [-0.3, -0.25) is 4.98 Å². The third-order valence-electron chi connectivity index (χ3n) is 4.23. The topological polar surface area (TPSA) is 76.7 Å².